The van der Waals surface area contributed by atoms with Gasteiger partial charge in [0.2, 0.25) is 0 Å². The third kappa shape index (κ3) is 4.22. The van der Waals surface area contributed by atoms with Crippen molar-refractivity contribution in [3.05, 3.63) is 57.5 Å². The molecule has 0 saturated heterocycles. The van der Waals surface area contributed by atoms with Crippen molar-refractivity contribution < 1.29 is 9.90 Å². The highest BCUT2D eigenvalue weighted by atomic mass is 79.9. The van der Waals surface area contributed by atoms with E-state index in [2.05, 4.69) is 15.9 Å². The molecule has 0 unspecified atom stereocenters. The first-order valence-electron chi connectivity index (χ1n) is 6.46. The van der Waals surface area contributed by atoms with Gasteiger partial charge in [-0.2, -0.15) is 0 Å². The second-order valence-corrected chi connectivity index (χ2v) is 6.06. The molecule has 0 aliphatic rings. The number of halogens is 2. The van der Waals surface area contributed by atoms with Crippen molar-refractivity contribution in [3.63, 3.8) is 0 Å². The Bertz CT molecular complexity index is 643. The zero-order valence-corrected chi connectivity index (χ0v) is 13.9. The zero-order chi connectivity index (χ0) is 15.4. The van der Waals surface area contributed by atoms with Gasteiger partial charge in [0.05, 0.1) is 5.02 Å². The number of anilines is 1. The summed E-state index contributed by atoms with van der Waals surface area (Å²) in [5.41, 5.74) is 1.49. The molecule has 0 saturated carbocycles. The van der Waals surface area contributed by atoms with Crippen LogP contribution in [-0.2, 0) is 0 Å². The first-order chi connectivity index (χ1) is 9.97. The summed E-state index contributed by atoms with van der Waals surface area (Å²) in [4.78, 5) is 14.2. The van der Waals surface area contributed by atoms with E-state index in [0.717, 1.165) is 10.2 Å². The number of ketones is 1. The maximum atomic E-state index is 12.2. The Balaban J connectivity index is 1.99. The Hall–Kier alpha value is -1.52. The SMILES string of the molecule is CN(CCC(=O)c1ccc(Br)cc1Cl)c1ccc(O)cc1. The Morgan fingerprint density at radius 1 is 1.24 bits per heavy atom. The standard InChI is InChI=1S/C16H15BrClNO2/c1-19(12-3-5-13(20)6-4-12)9-8-16(21)14-7-2-11(17)10-15(14)18/h2-7,10,20H,8-9H2,1H3. The van der Waals surface area contributed by atoms with Crippen LogP contribution in [0.1, 0.15) is 16.8 Å². The van der Waals surface area contributed by atoms with E-state index >= 15 is 0 Å². The molecule has 21 heavy (non-hydrogen) atoms. The fraction of sp³-hybridized carbons (Fsp3) is 0.188. The Kier molecular flexibility index (Phi) is 5.26. The Morgan fingerprint density at radius 3 is 2.52 bits per heavy atom. The predicted octanol–water partition coefficient (Wildman–Crippen LogP) is 4.52. The Morgan fingerprint density at radius 2 is 1.90 bits per heavy atom. The van der Waals surface area contributed by atoms with Gasteiger partial charge in [-0.15, -0.1) is 0 Å². The first kappa shape index (κ1) is 15.9. The summed E-state index contributed by atoms with van der Waals surface area (Å²) < 4.78 is 0.852. The summed E-state index contributed by atoms with van der Waals surface area (Å²) in [5, 5.41) is 9.73. The molecule has 0 radical (unpaired) electrons. The highest BCUT2D eigenvalue weighted by molar-refractivity contribution is 9.10. The molecule has 5 heteroatoms. The highest BCUT2D eigenvalue weighted by Crippen LogP contribution is 2.23. The molecule has 3 nitrogen and oxygen atoms in total. The van der Waals surface area contributed by atoms with E-state index in [-0.39, 0.29) is 11.5 Å². The van der Waals surface area contributed by atoms with Crippen molar-refractivity contribution in [1.29, 1.82) is 0 Å². The van der Waals surface area contributed by atoms with Crippen molar-refractivity contribution in [1.82, 2.24) is 0 Å². The van der Waals surface area contributed by atoms with Crippen LogP contribution in [-0.4, -0.2) is 24.5 Å². The van der Waals surface area contributed by atoms with Crippen molar-refractivity contribution in [2.75, 3.05) is 18.5 Å². The number of carbonyl (C=O) groups is 1. The fourth-order valence-corrected chi connectivity index (χ4v) is 2.73. The van der Waals surface area contributed by atoms with E-state index in [1.165, 1.54) is 0 Å². The van der Waals surface area contributed by atoms with Crippen LogP contribution in [0.25, 0.3) is 0 Å². The largest absolute Gasteiger partial charge is 0.508 e. The normalized spacial score (nSPS) is 10.4. The predicted molar refractivity (Wildman–Crippen MR) is 89.5 cm³/mol. The number of aromatic hydroxyl groups is 1. The first-order valence-corrected chi connectivity index (χ1v) is 7.63. The van der Waals surface area contributed by atoms with E-state index in [9.17, 15) is 9.90 Å². The van der Waals surface area contributed by atoms with Crippen molar-refractivity contribution in [3.8, 4) is 5.75 Å². The fourth-order valence-electron chi connectivity index (χ4n) is 1.96. The number of hydrogen-bond donors (Lipinski definition) is 1. The van der Waals surface area contributed by atoms with E-state index in [1.54, 1.807) is 24.3 Å². The van der Waals surface area contributed by atoms with Crippen LogP contribution < -0.4 is 4.90 Å². The second kappa shape index (κ2) is 6.96. The van der Waals surface area contributed by atoms with Crippen LogP contribution in [0.4, 0.5) is 5.69 Å². The molecule has 0 bridgehead atoms. The third-order valence-corrected chi connectivity index (χ3v) is 4.00. The average molecular weight is 369 g/mol. The van der Waals surface area contributed by atoms with Crippen LogP contribution >= 0.6 is 27.5 Å². The van der Waals surface area contributed by atoms with Crippen molar-refractivity contribution in [2.45, 2.75) is 6.42 Å². The summed E-state index contributed by atoms with van der Waals surface area (Å²) in [6.07, 6.45) is 0.374. The average Bonchev–Trinajstić information content (AvgIpc) is 2.45. The van der Waals surface area contributed by atoms with Crippen LogP contribution in [0, 0.1) is 0 Å². The molecule has 1 N–H and O–H groups in total. The van der Waals surface area contributed by atoms with E-state index < -0.39 is 0 Å². The van der Waals surface area contributed by atoms with Gasteiger partial charge in [0, 0.05) is 35.7 Å². The number of nitrogens with zero attached hydrogens (tertiary/aromatic N) is 1. The molecule has 0 amide bonds. The van der Waals surface area contributed by atoms with E-state index in [1.807, 2.05) is 30.1 Å². The zero-order valence-electron chi connectivity index (χ0n) is 11.5. The van der Waals surface area contributed by atoms with Crippen LogP contribution in [0.2, 0.25) is 5.02 Å². The number of phenolic OH excluding ortho intramolecular Hbond substituents is 1. The number of phenols is 1. The highest BCUT2D eigenvalue weighted by Gasteiger charge is 2.12. The maximum absolute atomic E-state index is 12.2. The molecule has 0 aliphatic carbocycles. The Labute approximate surface area is 137 Å². The topological polar surface area (TPSA) is 40.5 Å². The quantitative estimate of drug-likeness (QED) is 0.789. The molecule has 0 aromatic heterocycles. The van der Waals surface area contributed by atoms with Crippen molar-refractivity contribution >= 4 is 39.0 Å². The van der Waals surface area contributed by atoms with Crippen LogP contribution in [0.5, 0.6) is 5.75 Å². The minimum Gasteiger partial charge on any atom is -0.508 e. The summed E-state index contributed by atoms with van der Waals surface area (Å²) in [6.45, 7) is 0.579. The van der Waals surface area contributed by atoms with Crippen LogP contribution in [0.15, 0.2) is 46.9 Å². The molecule has 2 rings (SSSR count). The monoisotopic (exact) mass is 367 g/mol. The van der Waals surface area contributed by atoms with E-state index in [0.29, 0.717) is 23.6 Å². The molecular formula is C16H15BrClNO2. The maximum Gasteiger partial charge on any atom is 0.166 e. The summed E-state index contributed by atoms with van der Waals surface area (Å²) in [6, 6.07) is 12.1. The van der Waals surface area contributed by atoms with Gasteiger partial charge in [0.25, 0.3) is 0 Å². The minimum absolute atomic E-state index is 0.0122. The number of carbonyl (C=O) groups excluding carboxylic acids is 1. The molecule has 110 valence electrons. The molecule has 2 aromatic carbocycles. The summed E-state index contributed by atoms with van der Waals surface area (Å²) in [7, 11) is 1.91. The van der Waals surface area contributed by atoms with Gasteiger partial charge in [0.15, 0.2) is 5.78 Å². The third-order valence-electron chi connectivity index (χ3n) is 3.20. The molecule has 0 heterocycles. The van der Waals surface area contributed by atoms with Gasteiger partial charge in [0.1, 0.15) is 5.75 Å². The lowest BCUT2D eigenvalue weighted by molar-refractivity contribution is 0.0985. The van der Waals surface area contributed by atoms with Gasteiger partial charge < -0.3 is 10.0 Å². The van der Waals surface area contributed by atoms with Gasteiger partial charge in [-0.3, -0.25) is 4.79 Å². The summed E-state index contributed by atoms with van der Waals surface area (Å²) in [5.74, 6) is 0.239. The molecule has 0 atom stereocenters. The van der Waals surface area contributed by atoms with E-state index in [4.69, 9.17) is 11.6 Å². The number of hydrogen-bond acceptors (Lipinski definition) is 3. The lowest BCUT2D eigenvalue weighted by Gasteiger charge is -2.19. The smallest absolute Gasteiger partial charge is 0.166 e. The molecular weight excluding hydrogens is 354 g/mol. The lowest BCUT2D eigenvalue weighted by atomic mass is 10.1. The number of benzene rings is 2. The van der Waals surface area contributed by atoms with Gasteiger partial charge in [-0.1, -0.05) is 27.5 Å². The second-order valence-electron chi connectivity index (χ2n) is 4.74. The van der Waals surface area contributed by atoms with Crippen LogP contribution in [0.3, 0.4) is 0 Å². The molecule has 2 aromatic rings. The number of Topliss-reactive ketones (excluding diaryl/α,β-unsaturated/α-hetero) is 1. The van der Waals surface area contributed by atoms with Gasteiger partial charge in [-0.05, 0) is 42.5 Å². The molecule has 0 fully saturated rings. The molecule has 0 spiro atoms. The van der Waals surface area contributed by atoms with Crippen molar-refractivity contribution in [2.24, 2.45) is 0 Å². The lowest BCUT2D eigenvalue weighted by Crippen LogP contribution is -2.21. The molecule has 0 aliphatic heterocycles. The number of rotatable bonds is 5. The summed E-state index contributed by atoms with van der Waals surface area (Å²) >= 11 is 9.40. The van der Waals surface area contributed by atoms with Gasteiger partial charge in [-0.25, -0.2) is 0 Å². The minimum atomic E-state index is 0.0122. The van der Waals surface area contributed by atoms with Gasteiger partial charge >= 0.3 is 0 Å².